The molecule has 1 aliphatic heterocycles. The highest BCUT2D eigenvalue weighted by molar-refractivity contribution is 4.82. The summed E-state index contributed by atoms with van der Waals surface area (Å²) in [5.41, 5.74) is 0. The predicted octanol–water partition coefficient (Wildman–Crippen LogP) is 2.10. The summed E-state index contributed by atoms with van der Waals surface area (Å²) < 4.78 is 0. The first-order valence-corrected chi connectivity index (χ1v) is 7.67. The molecule has 1 aliphatic rings. The van der Waals surface area contributed by atoms with Crippen LogP contribution in [0.2, 0.25) is 0 Å². The lowest BCUT2D eigenvalue weighted by molar-refractivity contribution is 0.139. The largest absolute Gasteiger partial charge is 0.395 e. The van der Waals surface area contributed by atoms with Gasteiger partial charge in [-0.25, -0.2) is 0 Å². The van der Waals surface area contributed by atoms with Gasteiger partial charge in [0.1, 0.15) is 0 Å². The maximum Gasteiger partial charge on any atom is 0.0587 e. The number of hydrogen-bond donors (Lipinski definition) is 2. The van der Waals surface area contributed by atoms with Crippen LogP contribution < -0.4 is 5.32 Å². The summed E-state index contributed by atoms with van der Waals surface area (Å²) in [6, 6.07) is 0.766. The maximum absolute atomic E-state index is 9.38. The molecule has 0 aromatic rings. The average Bonchev–Trinajstić information content (AvgIpc) is 2.36. The van der Waals surface area contributed by atoms with Gasteiger partial charge in [-0.1, -0.05) is 20.8 Å². The Balaban J connectivity index is 2.33. The van der Waals surface area contributed by atoms with E-state index in [1.807, 2.05) is 0 Å². The van der Waals surface area contributed by atoms with E-state index in [1.165, 1.54) is 38.9 Å². The van der Waals surface area contributed by atoms with Gasteiger partial charge in [-0.05, 0) is 57.7 Å². The molecule has 108 valence electrons. The number of piperidine rings is 1. The molecule has 0 amide bonds. The third-order valence-corrected chi connectivity index (χ3v) is 4.36. The molecule has 0 bridgehead atoms. The SMILES string of the molecule is CCCN1CCC(C(C)NC(CO)C(C)C)CC1. The monoisotopic (exact) mass is 256 g/mol. The van der Waals surface area contributed by atoms with Gasteiger partial charge in [-0.15, -0.1) is 0 Å². The van der Waals surface area contributed by atoms with E-state index in [9.17, 15) is 5.11 Å². The lowest BCUT2D eigenvalue weighted by atomic mass is 9.89. The molecule has 3 nitrogen and oxygen atoms in total. The van der Waals surface area contributed by atoms with Gasteiger partial charge in [-0.3, -0.25) is 0 Å². The Morgan fingerprint density at radius 2 is 1.83 bits per heavy atom. The Labute approximate surface area is 113 Å². The number of likely N-dealkylation sites (tertiary alicyclic amines) is 1. The van der Waals surface area contributed by atoms with Gasteiger partial charge < -0.3 is 15.3 Å². The topological polar surface area (TPSA) is 35.5 Å². The van der Waals surface area contributed by atoms with Crippen LogP contribution in [-0.4, -0.2) is 48.3 Å². The number of aliphatic hydroxyl groups excluding tert-OH is 1. The zero-order valence-electron chi connectivity index (χ0n) is 12.7. The fourth-order valence-electron chi connectivity index (χ4n) is 2.92. The molecule has 2 unspecified atom stereocenters. The highest BCUT2D eigenvalue weighted by Crippen LogP contribution is 2.21. The van der Waals surface area contributed by atoms with Crippen molar-refractivity contribution in [3.63, 3.8) is 0 Å². The van der Waals surface area contributed by atoms with E-state index >= 15 is 0 Å². The minimum atomic E-state index is 0.244. The van der Waals surface area contributed by atoms with Crippen molar-refractivity contribution in [2.24, 2.45) is 11.8 Å². The molecule has 2 atom stereocenters. The van der Waals surface area contributed by atoms with Gasteiger partial charge in [0.15, 0.2) is 0 Å². The first kappa shape index (κ1) is 15.9. The van der Waals surface area contributed by atoms with Crippen molar-refractivity contribution < 1.29 is 5.11 Å². The molecule has 1 saturated heterocycles. The predicted molar refractivity (Wildman–Crippen MR) is 77.8 cm³/mol. The second-order valence-corrected chi connectivity index (χ2v) is 6.17. The summed E-state index contributed by atoms with van der Waals surface area (Å²) in [6.07, 6.45) is 3.85. The van der Waals surface area contributed by atoms with Gasteiger partial charge in [-0.2, -0.15) is 0 Å². The average molecular weight is 256 g/mol. The van der Waals surface area contributed by atoms with Gasteiger partial charge in [0.05, 0.1) is 6.61 Å². The molecule has 1 rings (SSSR count). The van der Waals surface area contributed by atoms with Crippen molar-refractivity contribution >= 4 is 0 Å². The molecule has 0 aromatic carbocycles. The summed E-state index contributed by atoms with van der Waals surface area (Å²) in [5.74, 6) is 1.27. The molecule has 3 heteroatoms. The van der Waals surface area contributed by atoms with Gasteiger partial charge in [0, 0.05) is 12.1 Å². The molecule has 0 radical (unpaired) electrons. The first-order valence-electron chi connectivity index (χ1n) is 7.67. The molecule has 1 heterocycles. The molecule has 2 N–H and O–H groups in total. The van der Waals surface area contributed by atoms with Crippen molar-refractivity contribution in [1.82, 2.24) is 10.2 Å². The van der Waals surface area contributed by atoms with E-state index < -0.39 is 0 Å². The molecule has 0 aromatic heterocycles. The lowest BCUT2D eigenvalue weighted by Gasteiger charge is -2.37. The molecular weight excluding hydrogens is 224 g/mol. The van der Waals surface area contributed by atoms with E-state index in [0.29, 0.717) is 12.0 Å². The van der Waals surface area contributed by atoms with Crippen molar-refractivity contribution in [1.29, 1.82) is 0 Å². The minimum absolute atomic E-state index is 0.244. The third kappa shape index (κ3) is 4.87. The first-order chi connectivity index (χ1) is 8.58. The van der Waals surface area contributed by atoms with Crippen LogP contribution >= 0.6 is 0 Å². The minimum Gasteiger partial charge on any atom is -0.395 e. The number of aliphatic hydroxyl groups is 1. The van der Waals surface area contributed by atoms with E-state index in [4.69, 9.17) is 0 Å². The number of nitrogens with one attached hydrogen (secondary N) is 1. The molecule has 1 fully saturated rings. The Morgan fingerprint density at radius 1 is 1.22 bits per heavy atom. The molecule has 0 aliphatic carbocycles. The van der Waals surface area contributed by atoms with Gasteiger partial charge >= 0.3 is 0 Å². The Kier molecular flexibility index (Phi) is 7.20. The van der Waals surface area contributed by atoms with E-state index in [-0.39, 0.29) is 12.6 Å². The molecular formula is C15H32N2O. The molecule has 0 saturated carbocycles. The zero-order chi connectivity index (χ0) is 13.5. The van der Waals surface area contributed by atoms with Gasteiger partial charge in [0.25, 0.3) is 0 Å². The summed E-state index contributed by atoms with van der Waals surface area (Å²) in [7, 11) is 0. The molecule has 0 spiro atoms. The summed E-state index contributed by atoms with van der Waals surface area (Å²) in [5, 5.41) is 13.0. The smallest absolute Gasteiger partial charge is 0.0587 e. The highest BCUT2D eigenvalue weighted by atomic mass is 16.3. The van der Waals surface area contributed by atoms with Crippen LogP contribution in [0.5, 0.6) is 0 Å². The van der Waals surface area contributed by atoms with Gasteiger partial charge in [0.2, 0.25) is 0 Å². The fourth-order valence-corrected chi connectivity index (χ4v) is 2.92. The van der Waals surface area contributed by atoms with Crippen LogP contribution in [0.1, 0.15) is 47.0 Å². The standard InChI is InChI=1S/C15H32N2O/c1-5-8-17-9-6-14(7-10-17)13(4)16-15(11-18)12(2)3/h12-16,18H,5-11H2,1-4H3. The van der Waals surface area contributed by atoms with Crippen LogP contribution in [0.3, 0.4) is 0 Å². The Hall–Kier alpha value is -0.120. The third-order valence-electron chi connectivity index (χ3n) is 4.36. The second kappa shape index (κ2) is 8.13. The van der Waals surface area contributed by atoms with Crippen molar-refractivity contribution in [2.45, 2.75) is 59.0 Å². The number of hydrogen-bond acceptors (Lipinski definition) is 3. The van der Waals surface area contributed by atoms with E-state index in [0.717, 1.165) is 5.92 Å². The highest BCUT2D eigenvalue weighted by Gasteiger charge is 2.25. The maximum atomic E-state index is 9.38. The Morgan fingerprint density at radius 3 is 2.28 bits per heavy atom. The Bertz CT molecular complexity index is 213. The number of nitrogens with zero attached hydrogens (tertiary/aromatic N) is 1. The van der Waals surface area contributed by atoms with E-state index in [2.05, 4.69) is 37.9 Å². The summed E-state index contributed by atoms with van der Waals surface area (Å²) >= 11 is 0. The van der Waals surface area contributed by atoms with E-state index in [1.54, 1.807) is 0 Å². The van der Waals surface area contributed by atoms with Crippen molar-refractivity contribution in [2.75, 3.05) is 26.2 Å². The second-order valence-electron chi connectivity index (χ2n) is 6.17. The fraction of sp³-hybridized carbons (Fsp3) is 1.00. The zero-order valence-corrected chi connectivity index (χ0v) is 12.7. The lowest BCUT2D eigenvalue weighted by Crippen LogP contribution is -2.48. The van der Waals surface area contributed by atoms with Crippen LogP contribution in [0.4, 0.5) is 0 Å². The van der Waals surface area contributed by atoms with Crippen LogP contribution in [0.25, 0.3) is 0 Å². The van der Waals surface area contributed by atoms with Crippen molar-refractivity contribution in [3.8, 4) is 0 Å². The quantitative estimate of drug-likeness (QED) is 0.732. The molecule has 18 heavy (non-hydrogen) atoms. The summed E-state index contributed by atoms with van der Waals surface area (Å²) in [6.45, 7) is 12.9. The number of rotatable bonds is 7. The van der Waals surface area contributed by atoms with Crippen LogP contribution in [0.15, 0.2) is 0 Å². The van der Waals surface area contributed by atoms with Crippen LogP contribution in [0, 0.1) is 11.8 Å². The van der Waals surface area contributed by atoms with Crippen LogP contribution in [-0.2, 0) is 0 Å². The summed E-state index contributed by atoms with van der Waals surface area (Å²) in [4.78, 5) is 2.58. The normalized spacial score (nSPS) is 22.3. The van der Waals surface area contributed by atoms with Crippen molar-refractivity contribution in [3.05, 3.63) is 0 Å².